The Bertz CT molecular complexity index is 1530. The van der Waals surface area contributed by atoms with Crippen LogP contribution in [0.15, 0.2) is 60.7 Å². The van der Waals surface area contributed by atoms with Crippen molar-refractivity contribution >= 4 is 29.1 Å². The zero-order valence-corrected chi connectivity index (χ0v) is 26.5. The Morgan fingerprint density at radius 2 is 1.88 bits per heavy atom. The summed E-state index contributed by atoms with van der Waals surface area (Å²) in [5.41, 5.74) is 4.32. The molecule has 226 valence electrons. The molecule has 2 bridgehead atoms. The van der Waals surface area contributed by atoms with E-state index in [1.807, 2.05) is 18.2 Å². The van der Waals surface area contributed by atoms with E-state index in [9.17, 15) is 9.90 Å². The van der Waals surface area contributed by atoms with Crippen LogP contribution < -0.4 is 4.74 Å². The smallest absolute Gasteiger partial charge is 0.227 e. The number of rotatable bonds is 8. The van der Waals surface area contributed by atoms with Gasteiger partial charge in [0.2, 0.25) is 5.91 Å². The fourth-order valence-corrected chi connectivity index (χ4v) is 9.19. The van der Waals surface area contributed by atoms with Gasteiger partial charge in [-0.15, -0.1) is 0 Å². The van der Waals surface area contributed by atoms with Crippen molar-refractivity contribution < 1.29 is 14.6 Å². The van der Waals surface area contributed by atoms with E-state index >= 15 is 0 Å². The molecule has 2 aliphatic heterocycles. The zero-order valence-electron chi connectivity index (χ0n) is 24.9. The predicted octanol–water partition coefficient (Wildman–Crippen LogP) is 7.08. The minimum atomic E-state index is -0.197. The Hall–Kier alpha value is -2.73. The van der Waals surface area contributed by atoms with Crippen LogP contribution in [0.5, 0.6) is 11.5 Å². The number of hydrogen-bond acceptors (Lipinski definition) is 4. The summed E-state index contributed by atoms with van der Waals surface area (Å²) >= 11 is 12.5. The first-order valence-electron chi connectivity index (χ1n) is 15.8. The second-order valence-electron chi connectivity index (χ2n) is 13.4. The normalized spacial score (nSPS) is 27.1. The van der Waals surface area contributed by atoms with E-state index in [0.717, 1.165) is 62.1 Å². The summed E-state index contributed by atoms with van der Waals surface area (Å²) in [6.07, 6.45) is 4.95. The van der Waals surface area contributed by atoms with Gasteiger partial charge in [-0.3, -0.25) is 9.69 Å². The second kappa shape index (κ2) is 11.3. The Morgan fingerprint density at radius 3 is 2.65 bits per heavy atom. The molecule has 0 unspecified atom stereocenters. The number of carbonyl (C=O) groups is 1. The predicted molar refractivity (Wildman–Crippen MR) is 171 cm³/mol. The van der Waals surface area contributed by atoms with E-state index in [4.69, 9.17) is 27.9 Å². The van der Waals surface area contributed by atoms with Gasteiger partial charge >= 0.3 is 0 Å². The van der Waals surface area contributed by atoms with Gasteiger partial charge in [0, 0.05) is 35.7 Å². The number of piperidine rings is 1. The summed E-state index contributed by atoms with van der Waals surface area (Å²) in [6.45, 7) is 7.02. The minimum Gasteiger partial charge on any atom is -0.508 e. The molecular formula is C36H40Cl2N2O3. The molecule has 1 amide bonds. The number of halogens is 2. The number of amides is 1. The van der Waals surface area contributed by atoms with Crippen molar-refractivity contribution in [1.29, 1.82) is 0 Å². The van der Waals surface area contributed by atoms with Crippen molar-refractivity contribution in [3.63, 3.8) is 0 Å². The van der Waals surface area contributed by atoms with Gasteiger partial charge in [0.05, 0.1) is 22.5 Å². The van der Waals surface area contributed by atoms with Crippen LogP contribution in [0.2, 0.25) is 10.0 Å². The third-order valence-corrected chi connectivity index (χ3v) is 11.3. The highest BCUT2D eigenvalue weighted by atomic mass is 35.5. The fourth-order valence-electron chi connectivity index (χ4n) is 8.87. The molecule has 5 atom stereocenters. The van der Waals surface area contributed by atoms with Crippen LogP contribution in [0.1, 0.15) is 55.4 Å². The molecule has 5 nitrogen and oxygen atoms in total. The Balaban J connectivity index is 1.22. The van der Waals surface area contributed by atoms with Gasteiger partial charge in [-0.2, -0.15) is 0 Å². The molecule has 43 heavy (non-hydrogen) atoms. The van der Waals surface area contributed by atoms with Crippen molar-refractivity contribution in [2.45, 2.75) is 76.0 Å². The molecule has 1 saturated carbocycles. The Labute approximate surface area is 264 Å². The Morgan fingerprint density at radius 1 is 1.07 bits per heavy atom. The molecular weight excluding hydrogens is 579 g/mol. The van der Waals surface area contributed by atoms with Gasteiger partial charge in [-0.05, 0) is 85.9 Å². The van der Waals surface area contributed by atoms with E-state index in [-0.39, 0.29) is 29.9 Å². The van der Waals surface area contributed by atoms with E-state index < -0.39 is 0 Å². The summed E-state index contributed by atoms with van der Waals surface area (Å²) in [5.74, 6) is 2.14. The number of phenolic OH excluding ortho intramolecular Hbond substituents is 1. The summed E-state index contributed by atoms with van der Waals surface area (Å²) in [7, 11) is 0. The van der Waals surface area contributed by atoms with Crippen molar-refractivity contribution in [2.75, 3.05) is 19.6 Å². The molecule has 3 aromatic rings. The first-order chi connectivity index (χ1) is 20.8. The van der Waals surface area contributed by atoms with Crippen LogP contribution in [0.3, 0.4) is 0 Å². The summed E-state index contributed by atoms with van der Waals surface area (Å²) in [6, 6.07) is 20.3. The third-order valence-electron chi connectivity index (χ3n) is 10.6. The summed E-state index contributed by atoms with van der Waals surface area (Å²) in [5, 5.41) is 12.1. The monoisotopic (exact) mass is 618 g/mol. The number of likely N-dealkylation sites (tertiary alicyclic amines) is 1. The van der Waals surface area contributed by atoms with Gasteiger partial charge in [0.1, 0.15) is 17.6 Å². The van der Waals surface area contributed by atoms with Crippen LogP contribution in [-0.4, -0.2) is 58.6 Å². The van der Waals surface area contributed by atoms with E-state index in [2.05, 4.69) is 54.0 Å². The number of nitrogens with zero attached hydrogens (tertiary/aromatic N) is 2. The lowest BCUT2D eigenvalue weighted by Gasteiger charge is -2.60. The lowest BCUT2D eigenvalue weighted by molar-refractivity contribution is -0.142. The highest BCUT2D eigenvalue weighted by molar-refractivity contribution is 6.42. The maximum Gasteiger partial charge on any atom is 0.227 e. The zero-order chi connectivity index (χ0) is 29.9. The number of phenols is 1. The summed E-state index contributed by atoms with van der Waals surface area (Å²) < 4.78 is 6.95. The maximum absolute atomic E-state index is 14.1. The molecule has 3 aromatic carbocycles. The molecule has 7 rings (SSSR count). The van der Waals surface area contributed by atoms with Crippen LogP contribution >= 0.6 is 23.2 Å². The molecule has 7 heteroatoms. The van der Waals surface area contributed by atoms with Crippen molar-refractivity contribution in [3.8, 4) is 11.5 Å². The van der Waals surface area contributed by atoms with E-state index in [1.54, 1.807) is 12.1 Å². The number of hydrogen-bond donors (Lipinski definition) is 1. The van der Waals surface area contributed by atoms with Gasteiger partial charge in [-0.1, -0.05) is 73.4 Å². The van der Waals surface area contributed by atoms with Crippen molar-refractivity contribution in [1.82, 2.24) is 9.80 Å². The average Bonchev–Trinajstić information content (AvgIpc) is 3.32. The first-order valence-corrected chi connectivity index (χ1v) is 16.5. The quantitative estimate of drug-likeness (QED) is 0.293. The molecule has 1 saturated heterocycles. The number of benzene rings is 3. The number of carbonyl (C=O) groups excluding carboxylic acids is 1. The standard InChI is InChI=1S/C36H40Cl2N2O3/c1-22(2)21-40(33(42)19-24-8-10-27(37)28(38)18-24)29-11-9-26-30-20-25-31(41)12-13-32-34(25)36(26,35(29)43-32)15-17-39(30)16-14-23-6-4-3-5-7-23/h3-8,10,12-13,18,22,26,29-30,35,41H,9,11,14-17,19-21H2,1-2H3/t26-,29+,30+,35-,36-/m0/s1. The molecule has 2 fully saturated rings. The van der Waals surface area contributed by atoms with Gasteiger partial charge in [0.25, 0.3) is 0 Å². The molecule has 2 heterocycles. The largest absolute Gasteiger partial charge is 0.508 e. The van der Waals surface area contributed by atoms with Crippen molar-refractivity contribution in [2.24, 2.45) is 11.8 Å². The summed E-state index contributed by atoms with van der Waals surface area (Å²) in [4.78, 5) is 18.9. The first kappa shape index (κ1) is 29.0. The van der Waals surface area contributed by atoms with Crippen LogP contribution in [0, 0.1) is 11.8 Å². The van der Waals surface area contributed by atoms with Crippen molar-refractivity contribution in [3.05, 3.63) is 93.0 Å². The number of ether oxygens (including phenoxy) is 1. The van der Waals surface area contributed by atoms with Crippen LogP contribution in [0.4, 0.5) is 0 Å². The lowest BCUT2D eigenvalue weighted by Crippen LogP contribution is -2.69. The Kier molecular flexibility index (Phi) is 7.64. The second-order valence-corrected chi connectivity index (χ2v) is 14.2. The lowest BCUT2D eigenvalue weighted by atomic mass is 9.50. The SMILES string of the molecule is CC(C)CN(C(=O)Cc1ccc(Cl)c(Cl)c1)[C@@H]1CC[C@H]2[C@H]3Cc4c(O)ccc5c4[C@@]2(CCN3CCc2ccccc2)[C@H]1O5. The van der Waals surface area contributed by atoms with Gasteiger partial charge in [-0.25, -0.2) is 0 Å². The molecule has 1 spiro atoms. The van der Waals surface area contributed by atoms with Crippen LogP contribution in [-0.2, 0) is 29.5 Å². The molecule has 0 aromatic heterocycles. The van der Waals surface area contributed by atoms with Crippen LogP contribution in [0.25, 0.3) is 0 Å². The molecule has 2 aliphatic carbocycles. The molecule has 0 radical (unpaired) electrons. The highest BCUT2D eigenvalue weighted by Gasteiger charge is 2.66. The van der Waals surface area contributed by atoms with E-state index in [1.165, 1.54) is 11.1 Å². The fraction of sp³-hybridized carbons (Fsp3) is 0.472. The maximum atomic E-state index is 14.1. The highest BCUT2D eigenvalue weighted by Crippen LogP contribution is 2.63. The number of aromatic hydroxyl groups is 1. The minimum absolute atomic E-state index is 0.0362. The third kappa shape index (κ3) is 4.92. The average molecular weight is 620 g/mol. The molecule has 4 aliphatic rings. The van der Waals surface area contributed by atoms with Gasteiger partial charge in [0.15, 0.2) is 0 Å². The van der Waals surface area contributed by atoms with E-state index in [0.29, 0.717) is 40.2 Å². The molecule has 1 N–H and O–H groups in total. The van der Waals surface area contributed by atoms with Gasteiger partial charge < -0.3 is 14.7 Å². The topological polar surface area (TPSA) is 53.0 Å².